The van der Waals surface area contributed by atoms with Crippen LogP contribution in [-0.4, -0.2) is 39.3 Å². The number of nitrogens with zero attached hydrogens (tertiary/aromatic N) is 4. The Hall–Kier alpha value is -3.61. The van der Waals surface area contributed by atoms with Crippen molar-refractivity contribution in [3.63, 3.8) is 0 Å². The number of nitrogens with one attached hydrogen (secondary N) is 1. The van der Waals surface area contributed by atoms with E-state index in [-0.39, 0.29) is 12.1 Å². The standard InChI is InChI=1S/C28H28ClN5O/c1-4-20-15-25(24-12-11-21(16-26(24)29)22-9-8-13-30-17-22)28(35)34(5-2)27(20)33-19(3)32-18-23-10-6-7-14-31-23/h4,6-17,19,32H,5,18H2,1-3H3/b20-4-,33-27+. The second kappa shape index (κ2) is 11.2. The van der Waals surface area contributed by atoms with Gasteiger partial charge in [0.2, 0.25) is 0 Å². The molecule has 0 spiro atoms. The largest absolute Gasteiger partial charge is 0.293 e. The Morgan fingerprint density at radius 1 is 1.14 bits per heavy atom. The lowest BCUT2D eigenvalue weighted by molar-refractivity contribution is -0.121. The van der Waals surface area contributed by atoms with Gasteiger partial charge in [-0.25, -0.2) is 4.99 Å². The maximum atomic E-state index is 13.5. The molecule has 0 saturated carbocycles. The quantitative estimate of drug-likeness (QED) is 0.478. The summed E-state index contributed by atoms with van der Waals surface area (Å²) < 4.78 is 0. The molecule has 35 heavy (non-hydrogen) atoms. The van der Waals surface area contributed by atoms with Crippen LogP contribution in [0.5, 0.6) is 0 Å². The smallest absolute Gasteiger partial charge is 0.260 e. The van der Waals surface area contributed by atoms with Gasteiger partial charge >= 0.3 is 0 Å². The molecule has 178 valence electrons. The Morgan fingerprint density at radius 2 is 2.00 bits per heavy atom. The number of aliphatic imine (C=N–C) groups is 1. The van der Waals surface area contributed by atoms with Crippen LogP contribution in [0, 0.1) is 0 Å². The van der Waals surface area contributed by atoms with Gasteiger partial charge < -0.3 is 0 Å². The first-order chi connectivity index (χ1) is 17.0. The number of carbonyl (C=O) groups excluding carboxylic acids is 1. The molecule has 2 aromatic heterocycles. The highest BCUT2D eigenvalue weighted by Crippen LogP contribution is 2.33. The molecule has 1 unspecified atom stereocenters. The third-order valence-corrected chi connectivity index (χ3v) is 6.10. The molecular weight excluding hydrogens is 458 g/mol. The lowest BCUT2D eigenvalue weighted by Gasteiger charge is -2.30. The number of amidine groups is 1. The number of aromatic nitrogens is 2. The van der Waals surface area contributed by atoms with Crippen LogP contribution >= 0.6 is 11.6 Å². The Morgan fingerprint density at radius 3 is 2.66 bits per heavy atom. The fraction of sp³-hybridized carbons (Fsp3) is 0.214. The van der Waals surface area contributed by atoms with E-state index in [1.54, 1.807) is 23.5 Å². The van der Waals surface area contributed by atoms with Gasteiger partial charge in [-0.1, -0.05) is 41.9 Å². The fourth-order valence-corrected chi connectivity index (χ4v) is 4.24. The van der Waals surface area contributed by atoms with Crippen molar-refractivity contribution in [3.8, 4) is 11.1 Å². The predicted octanol–water partition coefficient (Wildman–Crippen LogP) is 5.52. The lowest BCUT2D eigenvalue weighted by atomic mass is 9.95. The van der Waals surface area contributed by atoms with Crippen LogP contribution in [0.3, 0.4) is 0 Å². The molecule has 0 fully saturated rings. The Balaban J connectivity index is 1.62. The number of halogens is 1. The molecule has 3 aromatic rings. The van der Waals surface area contributed by atoms with E-state index in [1.807, 2.05) is 81.5 Å². The second-order valence-electron chi connectivity index (χ2n) is 8.12. The number of allylic oxidation sites excluding steroid dienone is 1. The average molecular weight is 486 g/mol. The number of pyridine rings is 2. The van der Waals surface area contributed by atoms with Crippen LogP contribution in [0.1, 0.15) is 32.0 Å². The monoisotopic (exact) mass is 485 g/mol. The zero-order valence-corrected chi connectivity index (χ0v) is 20.8. The van der Waals surface area contributed by atoms with Gasteiger partial charge in [0.15, 0.2) is 0 Å². The average Bonchev–Trinajstić information content (AvgIpc) is 2.89. The van der Waals surface area contributed by atoms with Gasteiger partial charge in [-0.2, -0.15) is 0 Å². The van der Waals surface area contributed by atoms with E-state index < -0.39 is 0 Å². The van der Waals surface area contributed by atoms with Crippen molar-refractivity contribution in [3.05, 3.63) is 101 Å². The summed E-state index contributed by atoms with van der Waals surface area (Å²) in [7, 11) is 0. The maximum absolute atomic E-state index is 13.5. The normalized spacial score (nSPS) is 17.1. The number of rotatable bonds is 7. The summed E-state index contributed by atoms with van der Waals surface area (Å²) in [6.45, 7) is 6.94. The van der Waals surface area contributed by atoms with Crippen LogP contribution < -0.4 is 5.32 Å². The molecule has 1 amide bonds. The highest BCUT2D eigenvalue weighted by Gasteiger charge is 2.30. The van der Waals surface area contributed by atoms with Crippen molar-refractivity contribution < 1.29 is 4.79 Å². The molecule has 3 heterocycles. The van der Waals surface area contributed by atoms with E-state index in [1.165, 1.54) is 0 Å². The first-order valence-corrected chi connectivity index (χ1v) is 12.0. The van der Waals surface area contributed by atoms with Gasteiger partial charge in [0.05, 0.1) is 11.9 Å². The summed E-state index contributed by atoms with van der Waals surface area (Å²) in [5.74, 6) is 0.526. The van der Waals surface area contributed by atoms with Gasteiger partial charge in [-0.05, 0) is 56.7 Å². The Bertz CT molecular complexity index is 1290. The molecule has 0 bridgehead atoms. The van der Waals surface area contributed by atoms with Crippen molar-refractivity contribution in [2.75, 3.05) is 6.54 Å². The number of likely N-dealkylation sites (N-methyl/N-ethyl adjacent to an activating group) is 1. The highest BCUT2D eigenvalue weighted by molar-refractivity contribution is 6.37. The van der Waals surface area contributed by atoms with Crippen LogP contribution in [0.2, 0.25) is 5.02 Å². The van der Waals surface area contributed by atoms with Crippen LogP contribution in [0.25, 0.3) is 16.7 Å². The third-order valence-electron chi connectivity index (χ3n) is 5.79. The SMILES string of the molecule is C/C=C1/C=C(c2ccc(-c3cccnc3)cc2Cl)C(=O)N(CC)/C1=N/C(C)NCc1ccccn1. The first kappa shape index (κ1) is 24.5. The van der Waals surface area contributed by atoms with Crippen LogP contribution in [-0.2, 0) is 11.3 Å². The van der Waals surface area contributed by atoms with Crippen molar-refractivity contribution in [2.45, 2.75) is 33.5 Å². The summed E-state index contributed by atoms with van der Waals surface area (Å²) in [5, 5.41) is 3.88. The lowest BCUT2D eigenvalue weighted by Crippen LogP contribution is -2.42. The van der Waals surface area contributed by atoms with Crippen molar-refractivity contribution in [1.29, 1.82) is 0 Å². The zero-order valence-electron chi connectivity index (χ0n) is 20.1. The van der Waals surface area contributed by atoms with Gasteiger partial charge in [-0.15, -0.1) is 0 Å². The second-order valence-corrected chi connectivity index (χ2v) is 8.53. The summed E-state index contributed by atoms with van der Waals surface area (Å²) in [6.07, 6.45) is 8.93. The summed E-state index contributed by atoms with van der Waals surface area (Å²) >= 11 is 6.68. The first-order valence-electron chi connectivity index (χ1n) is 11.6. The molecule has 7 heteroatoms. The molecule has 1 aliphatic rings. The molecule has 0 radical (unpaired) electrons. The summed E-state index contributed by atoms with van der Waals surface area (Å²) in [5.41, 5.74) is 4.98. The predicted molar refractivity (Wildman–Crippen MR) is 142 cm³/mol. The Kier molecular flexibility index (Phi) is 7.85. The molecule has 6 nitrogen and oxygen atoms in total. The molecule has 4 rings (SSSR count). The molecule has 1 aliphatic heterocycles. The van der Waals surface area contributed by atoms with Gasteiger partial charge in [-0.3, -0.25) is 25.0 Å². The number of benzene rings is 1. The number of hydrogen-bond acceptors (Lipinski definition) is 5. The minimum absolute atomic E-state index is 0.121. The summed E-state index contributed by atoms with van der Waals surface area (Å²) in [6, 6.07) is 15.4. The zero-order chi connectivity index (χ0) is 24.8. The molecule has 1 N–H and O–H groups in total. The van der Waals surface area contributed by atoms with E-state index >= 15 is 0 Å². The summed E-state index contributed by atoms with van der Waals surface area (Å²) in [4.78, 5) is 28.6. The van der Waals surface area contributed by atoms with Crippen LogP contribution in [0.15, 0.2) is 89.8 Å². The maximum Gasteiger partial charge on any atom is 0.260 e. The van der Waals surface area contributed by atoms with Gasteiger partial charge in [0.1, 0.15) is 5.84 Å². The van der Waals surface area contributed by atoms with E-state index in [4.69, 9.17) is 16.6 Å². The van der Waals surface area contributed by atoms with Gasteiger partial charge in [0, 0.05) is 59.0 Å². The minimum Gasteiger partial charge on any atom is -0.293 e. The molecule has 0 aliphatic carbocycles. The van der Waals surface area contributed by atoms with Crippen molar-refractivity contribution in [2.24, 2.45) is 4.99 Å². The molecule has 1 atom stereocenters. The molecule has 1 aromatic carbocycles. The van der Waals surface area contributed by atoms with Crippen molar-refractivity contribution in [1.82, 2.24) is 20.2 Å². The van der Waals surface area contributed by atoms with E-state index in [2.05, 4.69) is 15.3 Å². The van der Waals surface area contributed by atoms with E-state index in [9.17, 15) is 4.79 Å². The molecule has 0 saturated heterocycles. The highest BCUT2D eigenvalue weighted by atomic mass is 35.5. The fourth-order valence-electron chi connectivity index (χ4n) is 3.95. The van der Waals surface area contributed by atoms with E-state index in [0.29, 0.717) is 35.1 Å². The minimum atomic E-state index is -0.207. The Labute approximate surface area is 211 Å². The number of hydrogen-bond donors (Lipinski definition) is 1. The molecular formula is C28H28ClN5O. The topological polar surface area (TPSA) is 70.5 Å². The van der Waals surface area contributed by atoms with Crippen molar-refractivity contribution >= 4 is 28.9 Å². The number of amides is 1. The van der Waals surface area contributed by atoms with E-state index in [0.717, 1.165) is 22.4 Å². The van der Waals surface area contributed by atoms with Crippen LogP contribution in [0.4, 0.5) is 0 Å². The third kappa shape index (κ3) is 5.56. The number of carbonyl (C=O) groups is 1. The van der Waals surface area contributed by atoms with Gasteiger partial charge in [0.25, 0.3) is 5.91 Å².